The lowest BCUT2D eigenvalue weighted by Crippen LogP contribution is -2.36. The number of benzene rings is 9. The summed E-state index contributed by atoms with van der Waals surface area (Å²) in [6.07, 6.45) is 6.24. The van der Waals surface area contributed by atoms with Gasteiger partial charge in [0.15, 0.2) is 11.5 Å². The molecule has 0 bridgehead atoms. The van der Waals surface area contributed by atoms with E-state index in [1.807, 2.05) is 146 Å². The lowest BCUT2D eigenvalue weighted by atomic mass is 10.1. The van der Waals surface area contributed by atoms with Gasteiger partial charge in [0, 0.05) is 101 Å². The zero-order valence-corrected chi connectivity index (χ0v) is 71.5. The third-order valence-corrected chi connectivity index (χ3v) is 18.1. The zero-order valence-electron chi connectivity index (χ0n) is 71.5. The molecule has 4 amide bonds. The fraction of sp³-hybridized carbons (Fsp3) is 0.211. The molecule has 12 N–H and O–H groups in total. The Morgan fingerprint density at radius 1 is 0.373 bits per heavy atom. The minimum atomic E-state index is -0.583. The van der Waals surface area contributed by atoms with Crippen LogP contribution >= 0.6 is 0 Å². The lowest BCUT2D eigenvalue weighted by molar-refractivity contribution is 0.0525. The zero-order chi connectivity index (χ0) is 89.8. The molecule has 13 aromatic rings. The molecule has 4 aromatic heterocycles. The van der Waals surface area contributed by atoms with Gasteiger partial charge in [-0.1, -0.05) is 30.3 Å². The number of nitrogens with zero attached hydrogens (tertiary/aromatic N) is 9. The van der Waals surface area contributed by atoms with E-state index in [1.54, 1.807) is 161 Å². The number of ether oxygens (including phenoxy) is 9. The molecule has 1 aliphatic rings. The molecular formula is C95H99N17O14. The van der Waals surface area contributed by atoms with Gasteiger partial charge in [0.25, 0.3) is 23.6 Å². The number of hydrogen-bond donors (Lipinski definition) is 8. The first-order valence-corrected chi connectivity index (χ1v) is 40.3. The van der Waals surface area contributed by atoms with Crippen molar-refractivity contribution in [2.45, 2.75) is 86.7 Å². The van der Waals surface area contributed by atoms with E-state index in [2.05, 4.69) is 78.2 Å². The van der Waals surface area contributed by atoms with Crippen LogP contribution in [0.3, 0.4) is 0 Å². The average molecular weight is 1700 g/mol. The van der Waals surface area contributed by atoms with Crippen LogP contribution in [0, 0.1) is 0 Å². The Balaban J connectivity index is 0.000000163. The summed E-state index contributed by atoms with van der Waals surface area (Å²) in [5, 5.41) is 12.7. The molecule has 1 fully saturated rings. The third-order valence-electron chi connectivity index (χ3n) is 18.1. The van der Waals surface area contributed by atoms with Crippen LogP contribution in [0.25, 0.3) is 45.0 Å². The number of primary amides is 4. The van der Waals surface area contributed by atoms with Gasteiger partial charge >= 0.3 is 5.97 Å². The number of nitrogens with one attached hydrogen (secondary N) is 4. The molecule has 0 spiro atoms. The molecule has 0 unspecified atom stereocenters. The summed E-state index contributed by atoms with van der Waals surface area (Å²) in [7, 11) is 3.15. The Bertz CT molecular complexity index is 5920. The number of anilines is 9. The Morgan fingerprint density at radius 3 is 1.10 bits per heavy atom. The molecule has 648 valence electrons. The maximum absolute atomic E-state index is 11.9. The van der Waals surface area contributed by atoms with E-state index < -0.39 is 29.6 Å². The smallest absolute Gasteiger partial charge is 0.338 e. The van der Waals surface area contributed by atoms with E-state index in [9.17, 15) is 24.0 Å². The second kappa shape index (κ2) is 44.1. The van der Waals surface area contributed by atoms with Crippen LogP contribution in [0.1, 0.15) is 114 Å². The monoisotopic (exact) mass is 1700 g/mol. The number of aromatic nitrogens is 8. The van der Waals surface area contributed by atoms with Gasteiger partial charge in [-0.3, -0.25) is 19.2 Å². The van der Waals surface area contributed by atoms with Crippen molar-refractivity contribution < 1.29 is 66.6 Å². The SMILES string of the molecule is CC(C)Oc1ccc(-c2ccnc(Nc3ccc(N4CCOCC4)cc3)n2)cc1C(N)=O.CC(C)Oc1ccc(-c2ccnc(Nc3cccc(Oc4ccccc4)c3)n2)cc1C(N)=O.CCOC(=O)c1cccc(Nc2nccc(-c3ccc(OC(C)C)c(C(N)=O)c3)n2)c1.COc1ccc(Nc2nccc(-c3ccc(OC(C)C)c(C(N)=O)c3)n2)cc1OC. The molecule has 5 heterocycles. The highest BCUT2D eigenvalue weighted by molar-refractivity contribution is 5.99. The van der Waals surface area contributed by atoms with Crippen molar-refractivity contribution in [3.8, 4) is 91.0 Å². The molecule has 9 aromatic carbocycles. The first-order chi connectivity index (χ1) is 60.7. The van der Waals surface area contributed by atoms with Crippen LogP contribution in [-0.2, 0) is 9.47 Å². The highest BCUT2D eigenvalue weighted by atomic mass is 16.5. The molecule has 126 heavy (non-hydrogen) atoms. The number of nitrogens with two attached hydrogens (primary N) is 4. The van der Waals surface area contributed by atoms with E-state index in [0.717, 1.165) is 71.5 Å². The van der Waals surface area contributed by atoms with E-state index in [1.165, 1.54) is 0 Å². The normalized spacial score (nSPS) is 11.4. The molecule has 0 radical (unpaired) electrons. The topological polar surface area (TPSA) is 427 Å². The molecule has 31 heteroatoms. The van der Waals surface area contributed by atoms with Crippen LogP contribution in [0.5, 0.6) is 46.0 Å². The number of carbonyl (C=O) groups excluding carboxylic acids is 5. The van der Waals surface area contributed by atoms with Crippen molar-refractivity contribution in [2.75, 3.05) is 73.3 Å². The van der Waals surface area contributed by atoms with Gasteiger partial charge in [-0.15, -0.1) is 0 Å². The summed E-state index contributed by atoms with van der Waals surface area (Å²) in [5.74, 6) is 3.38. The second-order valence-electron chi connectivity index (χ2n) is 29.0. The van der Waals surface area contributed by atoms with Crippen LogP contribution in [0.4, 0.5) is 52.2 Å². The van der Waals surface area contributed by atoms with Crippen molar-refractivity contribution in [1.82, 2.24) is 39.9 Å². The summed E-state index contributed by atoms with van der Waals surface area (Å²) in [6, 6.07) is 65.5. The summed E-state index contributed by atoms with van der Waals surface area (Å²) in [4.78, 5) is 97.2. The molecule has 0 atom stereocenters. The average Bonchev–Trinajstić information content (AvgIpc) is 0.834. The minimum Gasteiger partial charge on any atom is -0.493 e. The predicted molar refractivity (Wildman–Crippen MR) is 485 cm³/mol. The van der Waals surface area contributed by atoms with Crippen LogP contribution < -0.4 is 82.3 Å². The van der Waals surface area contributed by atoms with Crippen molar-refractivity contribution in [3.63, 3.8) is 0 Å². The maximum Gasteiger partial charge on any atom is 0.338 e. The molecule has 31 nitrogen and oxygen atoms in total. The first kappa shape index (κ1) is 91.0. The summed E-state index contributed by atoms with van der Waals surface area (Å²) >= 11 is 0. The maximum atomic E-state index is 11.9. The van der Waals surface area contributed by atoms with E-state index in [0.29, 0.717) is 127 Å². The van der Waals surface area contributed by atoms with E-state index in [4.69, 9.17) is 65.6 Å². The first-order valence-electron chi connectivity index (χ1n) is 40.3. The molecule has 1 aliphatic heterocycles. The number of para-hydroxylation sites is 1. The molecule has 0 aliphatic carbocycles. The Hall–Kier alpha value is -15.8. The van der Waals surface area contributed by atoms with Crippen molar-refractivity contribution in [3.05, 3.63) is 271 Å². The fourth-order valence-corrected chi connectivity index (χ4v) is 12.5. The molecule has 0 saturated carbocycles. The van der Waals surface area contributed by atoms with E-state index >= 15 is 0 Å². The standard InChI is InChI=1S/C26H24N4O3.C24H27N5O3.C23H24N4O4.C22H24N4O4/c1-17(2)32-24-12-11-18(15-22(24)25(27)31)23-13-14-28-26(30-23)29-19-7-6-10-21(16-19)33-20-8-4-3-5-9-20;1-16(2)32-22-8-3-17(15-20(22)23(25)30)21-9-10-26-24(28-21)27-18-4-6-19(7-5-18)29-11-13-31-14-12-29;1-4-30-22(29)16-6-5-7-17(12-16)26-23-25-11-10-19(27-23)15-8-9-20(31-14(2)3)18(13-15)21(24)28;1-13(2)30-18-7-5-14(11-16(18)21(23)27)17-9-10-24-22(26-17)25-15-6-8-19(28-3)20(12-15)29-4/h3-17H,1-2H3,(H2,27,31)(H,28,29,30);3-10,15-16H,11-14H2,1-2H3,(H2,25,30)(H,26,27,28);5-14H,4H2,1-3H3,(H2,24,28)(H,25,26,27);5-13H,1-4H3,(H2,23,27)(H,24,25,26). The third kappa shape index (κ3) is 26.1. The predicted octanol–water partition coefficient (Wildman–Crippen LogP) is 16.9. The van der Waals surface area contributed by atoms with Gasteiger partial charge in [0.1, 0.15) is 34.5 Å². The molecular weight excluding hydrogens is 1600 g/mol. The second-order valence-corrected chi connectivity index (χ2v) is 29.0. The summed E-state index contributed by atoms with van der Waals surface area (Å²) < 4.78 is 49.6. The highest BCUT2D eigenvalue weighted by Crippen LogP contribution is 2.36. The molecule has 14 rings (SSSR count). The van der Waals surface area contributed by atoms with Crippen molar-refractivity contribution in [2.24, 2.45) is 22.9 Å². The number of amides is 4. The fourth-order valence-electron chi connectivity index (χ4n) is 12.5. The van der Waals surface area contributed by atoms with Gasteiger partial charge in [0.2, 0.25) is 23.8 Å². The number of morpholine rings is 1. The summed E-state index contributed by atoms with van der Waals surface area (Å²) in [6.45, 7) is 20.4. The number of carbonyl (C=O) groups is 5. The van der Waals surface area contributed by atoms with Crippen molar-refractivity contribution >= 4 is 81.8 Å². The number of rotatable bonds is 31. The summed E-state index contributed by atoms with van der Waals surface area (Å²) in [5.41, 5.74) is 33.5. The highest BCUT2D eigenvalue weighted by Gasteiger charge is 2.21. The van der Waals surface area contributed by atoms with Gasteiger partial charge in [-0.05, 0) is 238 Å². The number of methoxy groups -OCH3 is 2. The minimum absolute atomic E-state index is 0.0663. The molecule has 1 saturated heterocycles. The van der Waals surface area contributed by atoms with Gasteiger partial charge in [0.05, 0.1) is 109 Å². The van der Waals surface area contributed by atoms with Crippen molar-refractivity contribution in [1.29, 1.82) is 0 Å². The Kier molecular flexibility index (Phi) is 31.9. The van der Waals surface area contributed by atoms with Crippen LogP contribution in [0.2, 0.25) is 0 Å². The van der Waals surface area contributed by atoms with E-state index in [-0.39, 0.29) is 30.0 Å². The lowest BCUT2D eigenvalue weighted by Gasteiger charge is -2.28. The van der Waals surface area contributed by atoms with Gasteiger partial charge in [-0.25, -0.2) is 44.7 Å². The largest absolute Gasteiger partial charge is 0.493 e. The van der Waals surface area contributed by atoms with Gasteiger partial charge in [-0.2, -0.15) is 0 Å². The Labute approximate surface area is 729 Å². The number of esters is 1. The Morgan fingerprint density at radius 2 is 0.722 bits per heavy atom. The number of hydrogen-bond acceptors (Lipinski definition) is 27. The quantitative estimate of drug-likeness (QED) is 0.0187. The van der Waals surface area contributed by atoms with Gasteiger partial charge < -0.3 is 91.7 Å². The van der Waals surface area contributed by atoms with Crippen LogP contribution in [0.15, 0.2) is 243 Å². The van der Waals surface area contributed by atoms with Crippen LogP contribution in [-0.4, -0.2) is 141 Å².